The van der Waals surface area contributed by atoms with Crippen molar-refractivity contribution in [1.82, 2.24) is 15.5 Å². The van der Waals surface area contributed by atoms with Crippen molar-refractivity contribution in [3.05, 3.63) is 0 Å². The molecule has 1 aliphatic heterocycles. The smallest absolute Gasteiger partial charge is 0.241 e. The Morgan fingerprint density at radius 1 is 1.29 bits per heavy atom. The zero-order chi connectivity index (χ0) is 12.3. The fraction of sp³-hybridized carbons (Fsp3) is 0.917. The Kier molecular flexibility index (Phi) is 4.36. The summed E-state index contributed by atoms with van der Waals surface area (Å²) in [7, 11) is 1.82. The van der Waals surface area contributed by atoms with Gasteiger partial charge in [-0.1, -0.05) is 12.8 Å². The first-order valence-corrected chi connectivity index (χ1v) is 6.59. The molecular weight excluding hydrogens is 218 g/mol. The van der Waals surface area contributed by atoms with Gasteiger partial charge in [0.2, 0.25) is 5.91 Å². The van der Waals surface area contributed by atoms with E-state index < -0.39 is 0 Å². The molecule has 0 spiro atoms. The van der Waals surface area contributed by atoms with Crippen LogP contribution in [-0.2, 0) is 4.79 Å². The maximum atomic E-state index is 12.3. The van der Waals surface area contributed by atoms with E-state index in [9.17, 15) is 9.90 Å². The molecule has 0 aromatic heterocycles. The van der Waals surface area contributed by atoms with Gasteiger partial charge in [0.25, 0.3) is 0 Å². The zero-order valence-electron chi connectivity index (χ0n) is 10.5. The van der Waals surface area contributed by atoms with E-state index in [0.717, 1.165) is 38.8 Å². The number of amides is 1. The van der Waals surface area contributed by atoms with Gasteiger partial charge in [-0.25, -0.2) is 0 Å². The molecule has 0 radical (unpaired) electrons. The number of aliphatic hydroxyl groups excluding tert-OH is 1. The fourth-order valence-electron chi connectivity index (χ4n) is 2.78. The van der Waals surface area contributed by atoms with Gasteiger partial charge < -0.3 is 20.6 Å². The highest BCUT2D eigenvalue weighted by atomic mass is 16.3. The molecule has 0 aromatic rings. The highest BCUT2D eigenvalue weighted by Crippen LogP contribution is 2.22. The van der Waals surface area contributed by atoms with Crippen molar-refractivity contribution in [2.45, 2.75) is 43.9 Å². The molecule has 0 bridgehead atoms. The molecule has 1 aliphatic carbocycles. The van der Waals surface area contributed by atoms with Gasteiger partial charge >= 0.3 is 0 Å². The number of nitrogens with zero attached hydrogens (tertiary/aromatic N) is 1. The van der Waals surface area contributed by atoms with Crippen LogP contribution in [-0.4, -0.2) is 60.8 Å². The Hall–Kier alpha value is -0.650. The predicted octanol–water partition coefficient (Wildman–Crippen LogP) is -0.690. The minimum atomic E-state index is -0.353. The van der Waals surface area contributed by atoms with Crippen LogP contribution in [0.4, 0.5) is 0 Å². The van der Waals surface area contributed by atoms with E-state index in [0.29, 0.717) is 6.54 Å². The summed E-state index contributed by atoms with van der Waals surface area (Å²) in [5, 5.41) is 16.4. The second-order valence-electron chi connectivity index (χ2n) is 5.08. The van der Waals surface area contributed by atoms with Crippen LogP contribution in [0.5, 0.6) is 0 Å². The number of hydrogen-bond donors (Lipinski definition) is 3. The van der Waals surface area contributed by atoms with E-state index in [1.165, 1.54) is 0 Å². The number of rotatable bonds is 2. The van der Waals surface area contributed by atoms with Crippen molar-refractivity contribution in [2.24, 2.45) is 0 Å². The lowest BCUT2D eigenvalue weighted by atomic mass is 9.91. The number of aliphatic hydroxyl groups is 1. The van der Waals surface area contributed by atoms with Crippen LogP contribution in [0.3, 0.4) is 0 Å². The van der Waals surface area contributed by atoms with Crippen molar-refractivity contribution in [2.75, 3.05) is 26.7 Å². The van der Waals surface area contributed by atoms with Crippen LogP contribution in [0.25, 0.3) is 0 Å². The summed E-state index contributed by atoms with van der Waals surface area (Å²) in [6, 6.07) is -0.136. The predicted molar refractivity (Wildman–Crippen MR) is 65.7 cm³/mol. The lowest BCUT2D eigenvalue weighted by Crippen LogP contribution is -2.59. The highest BCUT2D eigenvalue weighted by Gasteiger charge is 2.32. The average molecular weight is 241 g/mol. The summed E-state index contributed by atoms with van der Waals surface area (Å²) < 4.78 is 0. The first-order valence-electron chi connectivity index (χ1n) is 6.59. The third-order valence-electron chi connectivity index (χ3n) is 3.88. The van der Waals surface area contributed by atoms with Crippen molar-refractivity contribution < 1.29 is 9.90 Å². The minimum Gasteiger partial charge on any atom is -0.391 e. The molecule has 5 heteroatoms. The first kappa shape index (κ1) is 12.8. The van der Waals surface area contributed by atoms with Gasteiger partial charge in [-0.3, -0.25) is 4.79 Å². The summed E-state index contributed by atoms with van der Waals surface area (Å²) in [6.07, 6.45) is 3.56. The van der Waals surface area contributed by atoms with Gasteiger partial charge in [0, 0.05) is 26.7 Å². The van der Waals surface area contributed by atoms with E-state index in [4.69, 9.17) is 0 Å². The Balaban J connectivity index is 1.92. The van der Waals surface area contributed by atoms with Gasteiger partial charge in [0.1, 0.15) is 0 Å². The average Bonchev–Trinajstić information content (AvgIpc) is 2.39. The number of piperazine rings is 1. The van der Waals surface area contributed by atoms with Crippen LogP contribution in [0.1, 0.15) is 25.7 Å². The molecule has 1 saturated heterocycles. The summed E-state index contributed by atoms with van der Waals surface area (Å²) in [4.78, 5) is 14.0. The third-order valence-corrected chi connectivity index (χ3v) is 3.88. The molecule has 2 rings (SSSR count). The molecule has 5 nitrogen and oxygen atoms in total. The lowest BCUT2D eigenvalue weighted by molar-refractivity contribution is -0.137. The maximum Gasteiger partial charge on any atom is 0.241 e. The van der Waals surface area contributed by atoms with Crippen molar-refractivity contribution >= 4 is 5.91 Å². The molecule has 3 N–H and O–H groups in total. The molecule has 2 aliphatic rings. The number of nitrogens with one attached hydrogen (secondary N) is 2. The molecular formula is C12H23N3O2. The third kappa shape index (κ3) is 2.97. The highest BCUT2D eigenvalue weighted by molar-refractivity contribution is 5.82. The molecule has 1 saturated carbocycles. The summed E-state index contributed by atoms with van der Waals surface area (Å²) in [5.41, 5.74) is 0. The topological polar surface area (TPSA) is 64.6 Å². The molecule has 0 aromatic carbocycles. The van der Waals surface area contributed by atoms with Crippen molar-refractivity contribution in [3.63, 3.8) is 0 Å². The van der Waals surface area contributed by atoms with Crippen LogP contribution in [0.2, 0.25) is 0 Å². The monoisotopic (exact) mass is 241 g/mol. The standard InChI is InChI=1S/C12H23N3O2/c1-15(10-4-2-3-5-11(10)16)12(17)9-8-13-6-7-14-9/h9-11,13-14,16H,2-8H2,1H3. The van der Waals surface area contributed by atoms with Gasteiger partial charge in [0.05, 0.1) is 18.2 Å². The number of hydrogen-bond acceptors (Lipinski definition) is 4. The van der Waals surface area contributed by atoms with E-state index in [2.05, 4.69) is 10.6 Å². The van der Waals surface area contributed by atoms with E-state index in [-0.39, 0.29) is 24.1 Å². The second-order valence-corrected chi connectivity index (χ2v) is 5.08. The fourth-order valence-corrected chi connectivity index (χ4v) is 2.78. The second kappa shape index (κ2) is 5.80. The van der Waals surface area contributed by atoms with Gasteiger partial charge in [-0.2, -0.15) is 0 Å². The maximum absolute atomic E-state index is 12.3. The largest absolute Gasteiger partial charge is 0.391 e. The van der Waals surface area contributed by atoms with Crippen LogP contribution >= 0.6 is 0 Å². The Morgan fingerprint density at radius 2 is 2.06 bits per heavy atom. The number of carbonyl (C=O) groups is 1. The molecule has 1 heterocycles. The molecule has 98 valence electrons. The Morgan fingerprint density at radius 3 is 2.71 bits per heavy atom. The van der Waals surface area contributed by atoms with Crippen LogP contribution < -0.4 is 10.6 Å². The molecule has 3 atom stereocenters. The van der Waals surface area contributed by atoms with Gasteiger partial charge in [0.15, 0.2) is 0 Å². The molecule has 2 fully saturated rings. The number of likely N-dealkylation sites (N-methyl/N-ethyl adjacent to an activating group) is 1. The lowest BCUT2D eigenvalue weighted by Gasteiger charge is -2.37. The van der Waals surface area contributed by atoms with E-state index in [1.807, 2.05) is 7.05 Å². The summed E-state index contributed by atoms with van der Waals surface area (Å²) >= 11 is 0. The zero-order valence-corrected chi connectivity index (χ0v) is 10.5. The minimum absolute atomic E-state index is 0.0000217. The van der Waals surface area contributed by atoms with Crippen LogP contribution in [0, 0.1) is 0 Å². The summed E-state index contributed by atoms with van der Waals surface area (Å²) in [6.45, 7) is 2.43. The normalized spacial score (nSPS) is 34.4. The van der Waals surface area contributed by atoms with Crippen molar-refractivity contribution in [1.29, 1.82) is 0 Å². The van der Waals surface area contributed by atoms with Crippen molar-refractivity contribution in [3.8, 4) is 0 Å². The van der Waals surface area contributed by atoms with Gasteiger partial charge in [-0.15, -0.1) is 0 Å². The first-order chi connectivity index (χ1) is 8.20. The SMILES string of the molecule is CN(C(=O)C1CNCCN1)C1CCCCC1O. The van der Waals surface area contributed by atoms with E-state index >= 15 is 0 Å². The molecule has 1 amide bonds. The number of carbonyl (C=O) groups excluding carboxylic acids is 1. The van der Waals surface area contributed by atoms with Crippen LogP contribution in [0.15, 0.2) is 0 Å². The molecule has 17 heavy (non-hydrogen) atoms. The Labute approximate surface area is 103 Å². The molecule has 3 unspecified atom stereocenters. The quantitative estimate of drug-likeness (QED) is 0.599. The van der Waals surface area contributed by atoms with E-state index in [1.54, 1.807) is 4.90 Å². The Bertz CT molecular complexity index is 266. The summed E-state index contributed by atoms with van der Waals surface area (Å²) in [5.74, 6) is 0.100. The van der Waals surface area contributed by atoms with Gasteiger partial charge in [-0.05, 0) is 12.8 Å².